The molecular formula is C14H11N3O3. The molecule has 0 atom stereocenters. The van der Waals surface area contributed by atoms with E-state index in [1.165, 1.54) is 24.3 Å². The molecule has 0 saturated heterocycles. The van der Waals surface area contributed by atoms with E-state index < -0.39 is 4.92 Å². The second-order valence-electron chi connectivity index (χ2n) is 4.13. The summed E-state index contributed by atoms with van der Waals surface area (Å²) in [6, 6.07) is 10.9. The smallest absolute Gasteiger partial charge is 0.269 e. The maximum atomic E-state index is 10.8. The molecule has 0 aliphatic rings. The molecule has 0 aromatic heterocycles. The lowest BCUT2D eigenvalue weighted by molar-refractivity contribution is -0.384. The van der Waals surface area contributed by atoms with Crippen molar-refractivity contribution in [3.05, 3.63) is 63.7 Å². The van der Waals surface area contributed by atoms with Gasteiger partial charge in [-0.3, -0.25) is 14.9 Å². The zero-order chi connectivity index (χ0) is 14.5. The Morgan fingerprint density at radius 1 is 1.05 bits per heavy atom. The highest BCUT2D eigenvalue weighted by atomic mass is 16.6. The number of benzene rings is 2. The summed E-state index contributed by atoms with van der Waals surface area (Å²) >= 11 is 0. The van der Waals surface area contributed by atoms with Crippen molar-refractivity contribution in [2.75, 3.05) is 0 Å². The summed E-state index contributed by atoms with van der Waals surface area (Å²) < 4.78 is 0. The molecule has 2 aromatic carbocycles. The van der Waals surface area contributed by atoms with Crippen LogP contribution in [0, 0.1) is 17.0 Å². The van der Waals surface area contributed by atoms with Crippen molar-refractivity contribution in [2.24, 2.45) is 10.2 Å². The van der Waals surface area contributed by atoms with Gasteiger partial charge < -0.3 is 0 Å². The lowest BCUT2D eigenvalue weighted by atomic mass is 10.1. The summed E-state index contributed by atoms with van der Waals surface area (Å²) in [4.78, 5) is 20.9. The van der Waals surface area contributed by atoms with Crippen molar-refractivity contribution in [3.8, 4) is 0 Å². The summed E-state index contributed by atoms with van der Waals surface area (Å²) in [6.45, 7) is 1.83. The molecule has 100 valence electrons. The average molecular weight is 269 g/mol. The SMILES string of the molecule is Cc1ccc(N=Nc2ccc([N+](=O)[O-])cc2)cc1C=O. The molecular weight excluding hydrogens is 258 g/mol. The van der Waals surface area contributed by atoms with E-state index in [2.05, 4.69) is 10.2 Å². The maximum absolute atomic E-state index is 10.8. The average Bonchev–Trinajstić information content (AvgIpc) is 2.46. The van der Waals surface area contributed by atoms with Crippen LogP contribution in [-0.2, 0) is 0 Å². The lowest BCUT2D eigenvalue weighted by Crippen LogP contribution is -1.85. The minimum Gasteiger partial charge on any atom is -0.298 e. The van der Waals surface area contributed by atoms with E-state index in [0.29, 0.717) is 16.9 Å². The third kappa shape index (κ3) is 3.11. The molecule has 2 aromatic rings. The number of aryl methyl sites for hydroxylation is 1. The summed E-state index contributed by atoms with van der Waals surface area (Å²) in [5, 5.41) is 18.5. The fourth-order valence-electron chi connectivity index (χ4n) is 1.57. The van der Waals surface area contributed by atoms with Gasteiger partial charge in [-0.2, -0.15) is 10.2 Å². The molecule has 0 aliphatic heterocycles. The molecule has 0 fully saturated rings. The van der Waals surface area contributed by atoms with Crippen molar-refractivity contribution in [1.82, 2.24) is 0 Å². The third-order valence-corrected chi connectivity index (χ3v) is 2.73. The standard InChI is InChI=1S/C14H11N3O3/c1-10-2-3-13(8-11(10)9-18)16-15-12-4-6-14(7-5-12)17(19)20/h2-9H,1H3. The Morgan fingerprint density at radius 3 is 2.25 bits per heavy atom. The Hall–Kier alpha value is -2.89. The van der Waals surface area contributed by atoms with Crippen LogP contribution in [0.25, 0.3) is 0 Å². The predicted octanol–water partition coefficient (Wildman–Crippen LogP) is 4.13. The summed E-state index contributed by atoms with van der Waals surface area (Å²) in [5.74, 6) is 0. The van der Waals surface area contributed by atoms with Gasteiger partial charge in [0.15, 0.2) is 0 Å². The van der Waals surface area contributed by atoms with Crippen LogP contribution < -0.4 is 0 Å². The number of aldehydes is 1. The number of carbonyl (C=O) groups excluding carboxylic acids is 1. The molecule has 0 aliphatic carbocycles. The van der Waals surface area contributed by atoms with Gasteiger partial charge in [-0.05, 0) is 36.8 Å². The fraction of sp³-hybridized carbons (Fsp3) is 0.0714. The zero-order valence-electron chi connectivity index (χ0n) is 10.7. The number of azo groups is 1. The minimum absolute atomic E-state index is 0.00234. The van der Waals surface area contributed by atoms with Crippen LogP contribution in [0.4, 0.5) is 17.1 Å². The van der Waals surface area contributed by atoms with Gasteiger partial charge in [0.2, 0.25) is 0 Å². The van der Waals surface area contributed by atoms with Crippen LogP contribution in [0.15, 0.2) is 52.7 Å². The van der Waals surface area contributed by atoms with Gasteiger partial charge in [0, 0.05) is 17.7 Å². The number of non-ortho nitro benzene ring substituents is 1. The number of hydrogen-bond acceptors (Lipinski definition) is 5. The van der Waals surface area contributed by atoms with E-state index >= 15 is 0 Å². The highest BCUT2D eigenvalue weighted by Crippen LogP contribution is 2.22. The quantitative estimate of drug-likeness (QED) is 0.362. The second kappa shape index (κ2) is 5.83. The molecule has 0 amide bonds. The number of nitro benzene ring substituents is 1. The van der Waals surface area contributed by atoms with E-state index in [1.54, 1.807) is 18.2 Å². The van der Waals surface area contributed by atoms with Gasteiger partial charge in [-0.15, -0.1) is 0 Å². The topological polar surface area (TPSA) is 84.9 Å². The number of carbonyl (C=O) groups is 1. The van der Waals surface area contributed by atoms with Gasteiger partial charge in [0.1, 0.15) is 6.29 Å². The second-order valence-corrected chi connectivity index (χ2v) is 4.13. The van der Waals surface area contributed by atoms with Crippen LogP contribution in [0.3, 0.4) is 0 Å². The Bertz CT molecular complexity index is 679. The van der Waals surface area contributed by atoms with E-state index in [1.807, 2.05) is 6.92 Å². The van der Waals surface area contributed by atoms with E-state index in [9.17, 15) is 14.9 Å². The number of nitro groups is 1. The van der Waals surface area contributed by atoms with Gasteiger partial charge in [0.25, 0.3) is 5.69 Å². The molecule has 6 nitrogen and oxygen atoms in total. The first-order valence-corrected chi connectivity index (χ1v) is 5.82. The minimum atomic E-state index is -0.475. The fourth-order valence-corrected chi connectivity index (χ4v) is 1.57. The normalized spacial score (nSPS) is 10.7. The van der Waals surface area contributed by atoms with E-state index in [-0.39, 0.29) is 5.69 Å². The lowest BCUT2D eigenvalue weighted by Gasteiger charge is -1.98. The van der Waals surface area contributed by atoms with Crippen LogP contribution >= 0.6 is 0 Å². The van der Waals surface area contributed by atoms with Crippen LogP contribution in [0.5, 0.6) is 0 Å². The number of nitrogens with zero attached hydrogens (tertiary/aromatic N) is 3. The zero-order valence-corrected chi connectivity index (χ0v) is 10.7. The number of rotatable bonds is 4. The molecule has 20 heavy (non-hydrogen) atoms. The Morgan fingerprint density at radius 2 is 1.65 bits per heavy atom. The van der Waals surface area contributed by atoms with Crippen LogP contribution in [-0.4, -0.2) is 11.2 Å². The first-order valence-electron chi connectivity index (χ1n) is 5.82. The Kier molecular flexibility index (Phi) is 3.95. The molecule has 0 heterocycles. The molecule has 0 bridgehead atoms. The van der Waals surface area contributed by atoms with Gasteiger partial charge in [0.05, 0.1) is 16.3 Å². The highest BCUT2D eigenvalue weighted by molar-refractivity contribution is 5.78. The largest absolute Gasteiger partial charge is 0.298 e. The predicted molar refractivity (Wildman–Crippen MR) is 73.8 cm³/mol. The maximum Gasteiger partial charge on any atom is 0.269 e. The molecule has 0 spiro atoms. The Labute approximate surface area is 114 Å². The highest BCUT2D eigenvalue weighted by Gasteiger charge is 2.03. The van der Waals surface area contributed by atoms with E-state index in [4.69, 9.17) is 0 Å². The van der Waals surface area contributed by atoms with Crippen molar-refractivity contribution < 1.29 is 9.72 Å². The number of hydrogen-bond donors (Lipinski definition) is 0. The van der Waals surface area contributed by atoms with Gasteiger partial charge in [-0.25, -0.2) is 0 Å². The molecule has 0 saturated carbocycles. The summed E-state index contributed by atoms with van der Waals surface area (Å²) in [6.07, 6.45) is 0.764. The molecule has 0 radical (unpaired) electrons. The van der Waals surface area contributed by atoms with Crippen molar-refractivity contribution >= 4 is 23.3 Å². The first-order chi connectivity index (χ1) is 9.60. The summed E-state index contributed by atoms with van der Waals surface area (Å²) in [5.41, 5.74) is 2.49. The summed E-state index contributed by atoms with van der Waals surface area (Å²) in [7, 11) is 0. The monoisotopic (exact) mass is 269 g/mol. The first kappa shape index (κ1) is 13.5. The van der Waals surface area contributed by atoms with Gasteiger partial charge in [-0.1, -0.05) is 6.07 Å². The van der Waals surface area contributed by atoms with Crippen LogP contribution in [0.1, 0.15) is 15.9 Å². The third-order valence-electron chi connectivity index (χ3n) is 2.73. The van der Waals surface area contributed by atoms with E-state index in [0.717, 1.165) is 11.8 Å². The molecule has 2 rings (SSSR count). The Balaban J connectivity index is 2.20. The van der Waals surface area contributed by atoms with Crippen LogP contribution in [0.2, 0.25) is 0 Å². The van der Waals surface area contributed by atoms with Crippen molar-refractivity contribution in [1.29, 1.82) is 0 Å². The van der Waals surface area contributed by atoms with Crippen molar-refractivity contribution in [2.45, 2.75) is 6.92 Å². The van der Waals surface area contributed by atoms with Crippen molar-refractivity contribution in [3.63, 3.8) is 0 Å². The molecule has 0 unspecified atom stereocenters. The van der Waals surface area contributed by atoms with Gasteiger partial charge >= 0.3 is 0 Å². The molecule has 0 N–H and O–H groups in total. The molecule has 6 heteroatoms.